The summed E-state index contributed by atoms with van der Waals surface area (Å²) in [4.78, 5) is 30.9. The van der Waals surface area contributed by atoms with E-state index in [0.717, 1.165) is 21.6 Å². The molecule has 37 heavy (non-hydrogen) atoms. The van der Waals surface area contributed by atoms with E-state index in [1.807, 2.05) is 0 Å². The normalized spacial score (nSPS) is 11.1. The van der Waals surface area contributed by atoms with Crippen molar-refractivity contribution < 1.29 is 22.8 Å². The van der Waals surface area contributed by atoms with Crippen LogP contribution >= 0.6 is 11.6 Å². The topological polar surface area (TPSA) is 145 Å². The summed E-state index contributed by atoms with van der Waals surface area (Å²) < 4.78 is 40.9. The first-order valence-corrected chi connectivity index (χ1v) is 10.9. The summed E-state index contributed by atoms with van der Waals surface area (Å²) in [7, 11) is 1.45. The number of benzene rings is 1. The second kappa shape index (κ2) is 10.7. The average Bonchev–Trinajstić information content (AvgIpc) is 3.49. The molecule has 0 aliphatic carbocycles. The molecule has 0 saturated heterocycles. The highest BCUT2D eigenvalue weighted by molar-refractivity contribution is 6.32. The number of alkyl halides is 2. The highest BCUT2D eigenvalue weighted by atomic mass is 35.5. The zero-order chi connectivity index (χ0) is 26.7. The number of hydrazine groups is 1. The Labute approximate surface area is 211 Å². The third kappa shape index (κ3) is 5.57. The van der Waals surface area contributed by atoms with Crippen LogP contribution in [0.3, 0.4) is 0 Å². The van der Waals surface area contributed by atoms with Gasteiger partial charge in [0.1, 0.15) is 18.1 Å². The Morgan fingerprint density at radius 1 is 1.16 bits per heavy atom. The number of anilines is 1. The smallest absolute Gasteiger partial charge is 0.301 e. The zero-order valence-corrected chi connectivity index (χ0v) is 20.0. The van der Waals surface area contributed by atoms with Gasteiger partial charge in [-0.1, -0.05) is 11.6 Å². The number of pyridine rings is 1. The van der Waals surface area contributed by atoms with Crippen LogP contribution in [0.4, 0.5) is 18.9 Å². The Morgan fingerprint density at radius 3 is 2.62 bits per heavy atom. The minimum Gasteiger partial charge on any atom is -0.320 e. The van der Waals surface area contributed by atoms with Crippen LogP contribution in [-0.2, 0) is 6.54 Å². The molecule has 0 aliphatic heterocycles. The summed E-state index contributed by atoms with van der Waals surface area (Å²) >= 11 is 6.27. The first-order chi connectivity index (χ1) is 17.7. The number of amides is 2. The molecule has 1 aromatic carbocycles. The molecule has 16 heteroatoms. The van der Waals surface area contributed by atoms with Gasteiger partial charge in [0.2, 0.25) is 5.82 Å². The van der Waals surface area contributed by atoms with Crippen LogP contribution < -0.4 is 16.2 Å². The molecule has 0 atom stereocenters. The lowest BCUT2D eigenvalue weighted by Crippen LogP contribution is -2.35. The van der Waals surface area contributed by atoms with E-state index in [2.05, 4.69) is 41.7 Å². The molecule has 2 amide bonds. The van der Waals surface area contributed by atoms with Crippen LogP contribution in [0.5, 0.6) is 0 Å². The largest absolute Gasteiger partial charge is 0.320 e. The minimum absolute atomic E-state index is 0.0556. The third-order valence-corrected chi connectivity index (χ3v) is 5.22. The lowest BCUT2D eigenvalue weighted by atomic mass is 10.1. The lowest BCUT2D eigenvalue weighted by Gasteiger charge is -2.15. The maximum Gasteiger partial charge on any atom is 0.301 e. The van der Waals surface area contributed by atoms with Crippen molar-refractivity contribution in [3.8, 4) is 5.82 Å². The molecule has 0 aliphatic rings. The van der Waals surface area contributed by atoms with Gasteiger partial charge in [-0.2, -0.15) is 9.90 Å². The average molecular weight is 535 g/mol. The Morgan fingerprint density at radius 2 is 1.95 bits per heavy atom. The van der Waals surface area contributed by atoms with Crippen LogP contribution in [0, 0.1) is 12.7 Å². The Hall–Kier alpha value is -4.37. The van der Waals surface area contributed by atoms with Crippen LogP contribution in [0.1, 0.15) is 44.4 Å². The van der Waals surface area contributed by atoms with E-state index in [0.29, 0.717) is 0 Å². The fourth-order valence-electron chi connectivity index (χ4n) is 3.37. The predicted molar refractivity (Wildman–Crippen MR) is 124 cm³/mol. The van der Waals surface area contributed by atoms with Crippen molar-refractivity contribution in [3.63, 3.8) is 0 Å². The van der Waals surface area contributed by atoms with Gasteiger partial charge in [-0.25, -0.2) is 28.3 Å². The quantitative estimate of drug-likeness (QED) is 0.292. The van der Waals surface area contributed by atoms with E-state index < -0.39 is 29.9 Å². The van der Waals surface area contributed by atoms with Gasteiger partial charge in [0.05, 0.1) is 22.0 Å². The van der Waals surface area contributed by atoms with E-state index in [1.165, 1.54) is 32.3 Å². The molecule has 3 aromatic heterocycles. The summed E-state index contributed by atoms with van der Waals surface area (Å²) in [6.07, 6.45) is -1.48. The van der Waals surface area contributed by atoms with E-state index in [-0.39, 0.29) is 45.6 Å². The highest BCUT2D eigenvalue weighted by Crippen LogP contribution is 2.25. The number of nitrogens with zero attached hydrogens (tertiary/aromatic N) is 7. The van der Waals surface area contributed by atoms with Crippen molar-refractivity contribution in [2.24, 2.45) is 0 Å². The number of tetrazole rings is 1. The van der Waals surface area contributed by atoms with Crippen molar-refractivity contribution in [3.05, 3.63) is 75.7 Å². The van der Waals surface area contributed by atoms with Gasteiger partial charge >= 0.3 is 6.43 Å². The fraction of sp³-hybridized carbons (Fsp3) is 0.190. The minimum atomic E-state index is -2.91. The summed E-state index contributed by atoms with van der Waals surface area (Å²) in [6, 6.07) is 6.59. The van der Waals surface area contributed by atoms with Gasteiger partial charge in [0.15, 0.2) is 5.82 Å². The fourth-order valence-corrected chi connectivity index (χ4v) is 3.57. The van der Waals surface area contributed by atoms with Crippen molar-refractivity contribution in [1.82, 2.24) is 45.8 Å². The number of aromatic nitrogens is 7. The number of aryl methyl sites for hydroxylation is 1. The van der Waals surface area contributed by atoms with Crippen molar-refractivity contribution >= 4 is 29.1 Å². The van der Waals surface area contributed by atoms with Gasteiger partial charge in [-0.15, -0.1) is 10.2 Å². The molecule has 0 bridgehead atoms. The number of rotatable bonds is 8. The lowest BCUT2D eigenvalue weighted by molar-refractivity contribution is 0.0938. The maximum absolute atomic E-state index is 14.0. The number of hydrogen-bond acceptors (Lipinski definition) is 8. The Balaban J connectivity index is 1.74. The van der Waals surface area contributed by atoms with Gasteiger partial charge in [-0.3, -0.25) is 15.0 Å². The molecule has 12 nitrogen and oxygen atoms in total. The second-order valence-electron chi connectivity index (χ2n) is 7.52. The molecule has 0 radical (unpaired) electrons. The molecule has 4 rings (SSSR count). The van der Waals surface area contributed by atoms with E-state index in [9.17, 15) is 22.8 Å². The van der Waals surface area contributed by atoms with E-state index in [1.54, 1.807) is 6.07 Å². The molecule has 3 heterocycles. The number of hydrogen-bond donors (Lipinski definition) is 3. The van der Waals surface area contributed by atoms with E-state index >= 15 is 0 Å². The summed E-state index contributed by atoms with van der Waals surface area (Å²) in [6.45, 7) is 1.31. The molecule has 3 N–H and O–H groups in total. The molecule has 192 valence electrons. The monoisotopic (exact) mass is 534 g/mol. The first-order valence-electron chi connectivity index (χ1n) is 10.5. The third-order valence-electron chi connectivity index (χ3n) is 4.92. The van der Waals surface area contributed by atoms with Crippen LogP contribution in [-0.4, -0.2) is 53.8 Å². The number of carbonyl (C=O) groups is 2. The molecular weight excluding hydrogens is 517 g/mol. The first kappa shape index (κ1) is 25.7. The van der Waals surface area contributed by atoms with Crippen molar-refractivity contribution in [2.45, 2.75) is 19.9 Å². The summed E-state index contributed by atoms with van der Waals surface area (Å²) in [5.41, 5.74) is 5.10. The molecule has 0 saturated carbocycles. The number of carbonyl (C=O) groups excluding carboxylic acids is 2. The maximum atomic E-state index is 14.0. The molecular formula is C21H18ClF3N10O2. The van der Waals surface area contributed by atoms with Gasteiger partial charge < -0.3 is 5.32 Å². The van der Waals surface area contributed by atoms with E-state index in [4.69, 9.17) is 11.6 Å². The summed E-state index contributed by atoms with van der Waals surface area (Å²) in [5, 5.41) is 17.5. The Kier molecular flexibility index (Phi) is 7.45. The van der Waals surface area contributed by atoms with Crippen molar-refractivity contribution in [1.29, 1.82) is 0 Å². The van der Waals surface area contributed by atoms with Crippen LogP contribution in [0.2, 0.25) is 5.02 Å². The predicted octanol–water partition coefficient (Wildman–Crippen LogP) is 2.46. The SMILES string of the molecule is CNNC(=O)c1cc(F)cc(C)c1NC(=O)c1cc(Cn2nnc(C(F)F)n2)nn1-c1ncccc1Cl. The van der Waals surface area contributed by atoms with Gasteiger partial charge in [0, 0.05) is 13.2 Å². The zero-order valence-electron chi connectivity index (χ0n) is 19.2. The number of halogens is 4. The number of nitrogens with one attached hydrogen (secondary N) is 3. The molecule has 0 spiro atoms. The van der Waals surface area contributed by atoms with Crippen LogP contribution in [0.25, 0.3) is 5.82 Å². The van der Waals surface area contributed by atoms with Crippen LogP contribution in [0.15, 0.2) is 36.5 Å². The Bertz CT molecular complexity index is 1470. The molecule has 0 unspecified atom stereocenters. The highest BCUT2D eigenvalue weighted by Gasteiger charge is 2.24. The van der Waals surface area contributed by atoms with Gasteiger partial charge in [-0.05, 0) is 48.0 Å². The second-order valence-corrected chi connectivity index (χ2v) is 7.93. The summed E-state index contributed by atoms with van der Waals surface area (Å²) in [5.74, 6) is -2.76. The standard InChI is InChI=1S/C21H18ClF3N10O2/c1-10-6-11(23)7-13(20(36)30-26-2)16(10)28-21(37)15-8-12(9-34-32-18(17(24)25)29-33-34)31-35(15)19-14(22)4-3-5-27-19/h3-8,17,26H,9H2,1-2H3,(H,28,37)(H,30,36). The van der Waals surface area contributed by atoms with Gasteiger partial charge in [0.25, 0.3) is 11.8 Å². The molecule has 0 fully saturated rings. The molecule has 4 aromatic rings. The van der Waals surface area contributed by atoms with Crippen molar-refractivity contribution in [2.75, 3.05) is 12.4 Å².